The predicted molar refractivity (Wildman–Crippen MR) is 69.7 cm³/mol. The zero-order valence-electron chi connectivity index (χ0n) is 10.8. The van der Waals surface area contributed by atoms with Crippen LogP contribution >= 0.6 is 0 Å². The molecule has 0 aliphatic rings. The highest BCUT2D eigenvalue weighted by Crippen LogP contribution is 2.15. The summed E-state index contributed by atoms with van der Waals surface area (Å²) in [5, 5.41) is 13.9. The zero-order valence-corrected chi connectivity index (χ0v) is 10.8. The average Bonchev–Trinajstić information content (AvgIpc) is 2.30. The highest BCUT2D eigenvalue weighted by atomic mass is 16.4. The van der Waals surface area contributed by atoms with E-state index in [4.69, 9.17) is 5.11 Å². The number of aliphatic carboxylic acids is 1. The summed E-state index contributed by atoms with van der Waals surface area (Å²) in [6.45, 7) is 5.48. The number of carbonyl (C=O) groups is 2. The largest absolute Gasteiger partial charge is 0.481 e. The lowest BCUT2D eigenvalue weighted by Crippen LogP contribution is -2.34. The first-order valence-electron chi connectivity index (χ1n) is 5.75. The first-order valence-corrected chi connectivity index (χ1v) is 5.75. The lowest BCUT2D eigenvalue weighted by Gasteiger charge is -2.12. The summed E-state index contributed by atoms with van der Waals surface area (Å²) >= 11 is 0. The molecule has 0 aromatic heterocycles. The van der Waals surface area contributed by atoms with Crippen molar-refractivity contribution in [1.29, 1.82) is 0 Å². The van der Waals surface area contributed by atoms with E-state index in [0.29, 0.717) is 0 Å². The second-order valence-corrected chi connectivity index (χ2v) is 4.39. The number of carboxylic acids is 1. The maximum Gasteiger partial charge on any atom is 0.319 e. The lowest BCUT2D eigenvalue weighted by molar-refractivity contribution is -0.140. The van der Waals surface area contributed by atoms with Crippen LogP contribution in [-0.4, -0.2) is 23.7 Å². The molecular formula is C13H18N2O3. The van der Waals surface area contributed by atoms with Gasteiger partial charge in [-0.15, -0.1) is 0 Å². The predicted octanol–water partition coefficient (Wildman–Crippen LogP) is 2.15. The summed E-state index contributed by atoms with van der Waals surface area (Å²) in [4.78, 5) is 22.2. The number of carbonyl (C=O) groups excluding carboxylic acids is 1. The molecule has 0 aliphatic heterocycles. The van der Waals surface area contributed by atoms with Gasteiger partial charge in [-0.1, -0.05) is 19.1 Å². The fourth-order valence-corrected chi connectivity index (χ4v) is 1.37. The SMILES string of the molecule is Cc1ccc(C)c(NC(=O)NCC(C)C(=O)O)c1. The first kappa shape index (κ1) is 14.0. The van der Waals surface area contributed by atoms with E-state index in [1.165, 1.54) is 0 Å². The molecule has 2 amide bonds. The molecule has 0 bridgehead atoms. The summed E-state index contributed by atoms with van der Waals surface area (Å²) in [5.41, 5.74) is 2.74. The smallest absolute Gasteiger partial charge is 0.319 e. The quantitative estimate of drug-likeness (QED) is 0.766. The summed E-state index contributed by atoms with van der Waals surface area (Å²) < 4.78 is 0. The van der Waals surface area contributed by atoms with Crippen molar-refractivity contribution in [2.75, 3.05) is 11.9 Å². The van der Waals surface area contributed by atoms with Crippen molar-refractivity contribution in [3.63, 3.8) is 0 Å². The van der Waals surface area contributed by atoms with E-state index < -0.39 is 17.9 Å². The molecule has 3 N–H and O–H groups in total. The second-order valence-electron chi connectivity index (χ2n) is 4.39. The summed E-state index contributed by atoms with van der Waals surface area (Å²) in [6.07, 6.45) is 0. The van der Waals surface area contributed by atoms with Gasteiger partial charge >= 0.3 is 12.0 Å². The molecule has 0 heterocycles. The Kier molecular flexibility index (Phi) is 4.71. The third-order valence-electron chi connectivity index (χ3n) is 2.63. The van der Waals surface area contributed by atoms with Crippen molar-refractivity contribution >= 4 is 17.7 Å². The summed E-state index contributed by atoms with van der Waals surface area (Å²) in [7, 11) is 0. The van der Waals surface area contributed by atoms with Crippen molar-refractivity contribution < 1.29 is 14.7 Å². The van der Waals surface area contributed by atoms with Gasteiger partial charge in [0.1, 0.15) is 0 Å². The molecule has 1 unspecified atom stereocenters. The number of aryl methyl sites for hydroxylation is 2. The van der Waals surface area contributed by atoms with Crippen molar-refractivity contribution in [3.05, 3.63) is 29.3 Å². The van der Waals surface area contributed by atoms with Crippen LogP contribution in [0.25, 0.3) is 0 Å². The van der Waals surface area contributed by atoms with E-state index >= 15 is 0 Å². The van der Waals surface area contributed by atoms with Gasteiger partial charge in [0.05, 0.1) is 5.92 Å². The number of carboxylic acid groups (broad SMARTS) is 1. The van der Waals surface area contributed by atoms with Gasteiger partial charge in [0.25, 0.3) is 0 Å². The van der Waals surface area contributed by atoms with Crippen molar-refractivity contribution in [3.8, 4) is 0 Å². The van der Waals surface area contributed by atoms with Crippen LogP contribution in [0.2, 0.25) is 0 Å². The minimum atomic E-state index is -0.929. The second kappa shape index (κ2) is 6.05. The Labute approximate surface area is 106 Å². The topological polar surface area (TPSA) is 78.4 Å². The number of rotatable bonds is 4. The molecule has 5 heteroatoms. The monoisotopic (exact) mass is 250 g/mol. The summed E-state index contributed by atoms with van der Waals surface area (Å²) in [5.74, 6) is -1.53. The Bertz CT molecular complexity index is 458. The normalized spacial score (nSPS) is 11.7. The van der Waals surface area contributed by atoms with Crippen LogP contribution in [0.1, 0.15) is 18.1 Å². The molecule has 1 aromatic carbocycles. The van der Waals surface area contributed by atoms with Gasteiger partial charge in [-0.05, 0) is 31.0 Å². The fourth-order valence-electron chi connectivity index (χ4n) is 1.37. The van der Waals surface area contributed by atoms with Crippen LogP contribution in [0.3, 0.4) is 0 Å². The molecule has 1 atom stereocenters. The minimum Gasteiger partial charge on any atom is -0.481 e. The van der Waals surface area contributed by atoms with E-state index in [9.17, 15) is 9.59 Å². The maximum absolute atomic E-state index is 11.6. The third kappa shape index (κ3) is 4.08. The Hall–Kier alpha value is -2.04. The molecule has 1 aromatic rings. The highest BCUT2D eigenvalue weighted by molar-refractivity contribution is 5.90. The van der Waals surface area contributed by atoms with Gasteiger partial charge in [0, 0.05) is 12.2 Å². The van der Waals surface area contributed by atoms with Crippen molar-refractivity contribution in [1.82, 2.24) is 5.32 Å². The number of anilines is 1. The van der Waals surface area contributed by atoms with E-state index in [1.54, 1.807) is 6.92 Å². The zero-order chi connectivity index (χ0) is 13.7. The fraction of sp³-hybridized carbons (Fsp3) is 0.385. The minimum absolute atomic E-state index is 0.103. The van der Waals surface area contributed by atoms with Gasteiger partial charge in [0.15, 0.2) is 0 Å². The van der Waals surface area contributed by atoms with Gasteiger partial charge in [-0.2, -0.15) is 0 Å². The number of urea groups is 1. The number of amides is 2. The molecule has 0 radical (unpaired) electrons. The molecule has 5 nitrogen and oxygen atoms in total. The molecule has 0 saturated carbocycles. The van der Waals surface area contributed by atoms with Crippen LogP contribution in [0, 0.1) is 19.8 Å². The van der Waals surface area contributed by atoms with Crippen LogP contribution < -0.4 is 10.6 Å². The van der Waals surface area contributed by atoms with Gasteiger partial charge in [-0.3, -0.25) is 4.79 Å². The van der Waals surface area contributed by atoms with Gasteiger partial charge < -0.3 is 15.7 Å². The molecular weight excluding hydrogens is 232 g/mol. The molecule has 18 heavy (non-hydrogen) atoms. The van der Waals surface area contributed by atoms with E-state index in [2.05, 4.69) is 10.6 Å². The van der Waals surface area contributed by atoms with Crippen LogP contribution in [0.15, 0.2) is 18.2 Å². The maximum atomic E-state index is 11.6. The number of nitrogens with one attached hydrogen (secondary N) is 2. The van der Waals surface area contributed by atoms with Crippen molar-refractivity contribution in [2.45, 2.75) is 20.8 Å². The van der Waals surface area contributed by atoms with E-state index in [-0.39, 0.29) is 6.54 Å². The highest BCUT2D eigenvalue weighted by Gasteiger charge is 2.12. The third-order valence-corrected chi connectivity index (χ3v) is 2.63. The van der Waals surface area contributed by atoms with Crippen LogP contribution in [0.4, 0.5) is 10.5 Å². The van der Waals surface area contributed by atoms with Gasteiger partial charge in [0.2, 0.25) is 0 Å². The van der Waals surface area contributed by atoms with Crippen LogP contribution in [0.5, 0.6) is 0 Å². The first-order chi connectivity index (χ1) is 8.40. The average molecular weight is 250 g/mol. The van der Waals surface area contributed by atoms with E-state index in [0.717, 1.165) is 16.8 Å². The molecule has 0 saturated heterocycles. The molecule has 0 spiro atoms. The lowest BCUT2D eigenvalue weighted by atomic mass is 10.1. The Morgan fingerprint density at radius 2 is 2.00 bits per heavy atom. The molecule has 98 valence electrons. The number of hydrogen-bond acceptors (Lipinski definition) is 2. The van der Waals surface area contributed by atoms with E-state index in [1.807, 2.05) is 32.0 Å². The Balaban J connectivity index is 2.54. The number of hydrogen-bond donors (Lipinski definition) is 3. The molecule has 1 rings (SSSR count). The van der Waals surface area contributed by atoms with Crippen molar-refractivity contribution in [2.24, 2.45) is 5.92 Å². The summed E-state index contributed by atoms with van der Waals surface area (Å²) in [6, 6.07) is 5.36. The Morgan fingerprint density at radius 1 is 1.33 bits per heavy atom. The molecule has 0 aliphatic carbocycles. The van der Waals surface area contributed by atoms with Gasteiger partial charge in [-0.25, -0.2) is 4.79 Å². The Morgan fingerprint density at radius 3 is 2.61 bits per heavy atom. The standard InChI is InChI=1S/C13H18N2O3/c1-8-4-5-9(2)11(6-8)15-13(18)14-7-10(3)12(16)17/h4-6,10H,7H2,1-3H3,(H,16,17)(H2,14,15,18). The van der Waals surface area contributed by atoms with Crippen LogP contribution in [-0.2, 0) is 4.79 Å². The molecule has 0 fully saturated rings. The number of benzene rings is 1.